The first-order valence-electron chi connectivity index (χ1n) is 7.37. The Kier molecular flexibility index (Phi) is 4.61. The molecule has 2 rings (SSSR count). The molecule has 1 unspecified atom stereocenters. The van der Waals surface area contributed by atoms with Gasteiger partial charge in [0.05, 0.1) is 6.33 Å². The quantitative estimate of drug-likeness (QED) is 0.901. The molecule has 2 aromatic rings. The predicted molar refractivity (Wildman–Crippen MR) is 84.3 cm³/mol. The average Bonchev–Trinajstić information content (AvgIpc) is 2.88. The van der Waals surface area contributed by atoms with E-state index in [-0.39, 0.29) is 0 Å². The van der Waals surface area contributed by atoms with Crippen molar-refractivity contribution in [3.05, 3.63) is 48.0 Å². The Morgan fingerprint density at radius 3 is 2.55 bits per heavy atom. The van der Waals surface area contributed by atoms with Crippen LogP contribution in [0.15, 0.2) is 36.8 Å². The first-order valence-corrected chi connectivity index (χ1v) is 7.37. The molecule has 0 aliphatic heterocycles. The molecule has 1 heterocycles. The standard InChI is InChI=1S/C17H25N3/c1-12(2)14-6-5-7-15(8-14)20-11-19-10-17(20)16(9-18)13(3)4/h5-8,10-13,16H,9,18H2,1-4H3. The lowest BCUT2D eigenvalue weighted by Crippen LogP contribution is -2.20. The molecule has 1 atom stereocenters. The number of hydrogen-bond donors (Lipinski definition) is 1. The van der Waals surface area contributed by atoms with Gasteiger partial charge in [-0.2, -0.15) is 0 Å². The Morgan fingerprint density at radius 2 is 1.95 bits per heavy atom. The van der Waals surface area contributed by atoms with Gasteiger partial charge in [-0.3, -0.25) is 0 Å². The lowest BCUT2D eigenvalue weighted by molar-refractivity contribution is 0.490. The Labute approximate surface area is 121 Å². The van der Waals surface area contributed by atoms with Gasteiger partial charge in [0.1, 0.15) is 0 Å². The molecular formula is C17H25N3. The Bertz CT molecular complexity index is 555. The van der Waals surface area contributed by atoms with Gasteiger partial charge in [-0.05, 0) is 29.5 Å². The zero-order chi connectivity index (χ0) is 14.7. The fourth-order valence-electron chi connectivity index (χ4n) is 2.56. The third-order valence-electron chi connectivity index (χ3n) is 3.92. The van der Waals surface area contributed by atoms with Gasteiger partial charge >= 0.3 is 0 Å². The highest BCUT2D eigenvalue weighted by Gasteiger charge is 2.19. The second kappa shape index (κ2) is 6.23. The van der Waals surface area contributed by atoms with Gasteiger partial charge < -0.3 is 10.3 Å². The van der Waals surface area contributed by atoms with Crippen molar-refractivity contribution in [1.29, 1.82) is 0 Å². The van der Waals surface area contributed by atoms with Crippen LogP contribution >= 0.6 is 0 Å². The van der Waals surface area contributed by atoms with Crippen molar-refractivity contribution in [2.24, 2.45) is 11.7 Å². The predicted octanol–water partition coefficient (Wildman–Crippen LogP) is 3.69. The summed E-state index contributed by atoms with van der Waals surface area (Å²) in [5.74, 6) is 1.36. The highest BCUT2D eigenvalue weighted by Crippen LogP contribution is 2.26. The van der Waals surface area contributed by atoms with E-state index in [0.29, 0.717) is 24.3 Å². The minimum atomic E-state index is 0.334. The van der Waals surface area contributed by atoms with Crippen molar-refractivity contribution in [2.45, 2.75) is 39.5 Å². The van der Waals surface area contributed by atoms with E-state index in [1.165, 1.54) is 16.9 Å². The summed E-state index contributed by atoms with van der Waals surface area (Å²) in [6.45, 7) is 9.49. The summed E-state index contributed by atoms with van der Waals surface area (Å²) in [6, 6.07) is 8.66. The summed E-state index contributed by atoms with van der Waals surface area (Å²) in [5.41, 5.74) is 9.66. The van der Waals surface area contributed by atoms with Gasteiger partial charge in [0.15, 0.2) is 0 Å². The van der Waals surface area contributed by atoms with Gasteiger partial charge in [0, 0.05) is 30.0 Å². The number of hydrogen-bond acceptors (Lipinski definition) is 2. The van der Waals surface area contributed by atoms with Crippen molar-refractivity contribution in [1.82, 2.24) is 9.55 Å². The molecule has 0 bridgehead atoms. The summed E-state index contributed by atoms with van der Waals surface area (Å²) >= 11 is 0. The van der Waals surface area contributed by atoms with Crippen LogP contribution in [0.4, 0.5) is 0 Å². The number of imidazole rings is 1. The fraction of sp³-hybridized carbons (Fsp3) is 0.471. The van der Waals surface area contributed by atoms with Crippen molar-refractivity contribution in [3.8, 4) is 5.69 Å². The second-order valence-corrected chi connectivity index (χ2v) is 6.02. The van der Waals surface area contributed by atoms with Crippen LogP contribution in [0.25, 0.3) is 5.69 Å². The van der Waals surface area contributed by atoms with Gasteiger partial charge in [0.25, 0.3) is 0 Å². The molecule has 0 saturated carbocycles. The molecule has 0 radical (unpaired) electrons. The summed E-state index contributed by atoms with van der Waals surface area (Å²) in [7, 11) is 0. The van der Waals surface area contributed by atoms with E-state index < -0.39 is 0 Å². The lowest BCUT2D eigenvalue weighted by Gasteiger charge is -2.21. The third-order valence-corrected chi connectivity index (χ3v) is 3.92. The minimum absolute atomic E-state index is 0.334. The van der Waals surface area contributed by atoms with Crippen molar-refractivity contribution < 1.29 is 0 Å². The summed E-state index contributed by atoms with van der Waals surface area (Å²) in [6.07, 6.45) is 3.83. The molecule has 0 spiro atoms. The van der Waals surface area contributed by atoms with E-state index in [2.05, 4.69) is 61.5 Å². The molecule has 3 heteroatoms. The maximum atomic E-state index is 5.95. The van der Waals surface area contributed by atoms with Crippen LogP contribution in [-0.4, -0.2) is 16.1 Å². The first kappa shape index (κ1) is 14.8. The van der Waals surface area contributed by atoms with Gasteiger partial charge in [-0.15, -0.1) is 0 Å². The first-order chi connectivity index (χ1) is 9.54. The van der Waals surface area contributed by atoms with Crippen LogP contribution in [0.1, 0.15) is 50.8 Å². The van der Waals surface area contributed by atoms with Crippen LogP contribution in [0.2, 0.25) is 0 Å². The molecule has 0 fully saturated rings. The van der Waals surface area contributed by atoms with E-state index in [4.69, 9.17) is 5.73 Å². The molecule has 0 saturated heterocycles. The van der Waals surface area contributed by atoms with Crippen molar-refractivity contribution in [2.75, 3.05) is 6.54 Å². The van der Waals surface area contributed by atoms with Crippen LogP contribution in [0.3, 0.4) is 0 Å². The minimum Gasteiger partial charge on any atom is -0.330 e. The maximum absolute atomic E-state index is 5.95. The number of nitrogens with zero attached hydrogens (tertiary/aromatic N) is 2. The van der Waals surface area contributed by atoms with E-state index >= 15 is 0 Å². The van der Waals surface area contributed by atoms with Crippen molar-refractivity contribution >= 4 is 0 Å². The Balaban J connectivity index is 2.44. The molecule has 108 valence electrons. The average molecular weight is 271 g/mol. The molecular weight excluding hydrogens is 246 g/mol. The Morgan fingerprint density at radius 1 is 1.20 bits per heavy atom. The van der Waals surface area contributed by atoms with Crippen LogP contribution in [-0.2, 0) is 0 Å². The normalized spacial score (nSPS) is 13.2. The Hall–Kier alpha value is -1.61. The summed E-state index contributed by atoms with van der Waals surface area (Å²) in [5, 5.41) is 0. The number of aromatic nitrogens is 2. The molecule has 2 N–H and O–H groups in total. The molecule has 3 nitrogen and oxygen atoms in total. The SMILES string of the molecule is CC(C)c1cccc(-n2cncc2C(CN)C(C)C)c1. The fourth-order valence-corrected chi connectivity index (χ4v) is 2.56. The maximum Gasteiger partial charge on any atom is 0.0994 e. The largest absolute Gasteiger partial charge is 0.330 e. The molecule has 0 aliphatic rings. The van der Waals surface area contributed by atoms with E-state index in [1.54, 1.807) is 0 Å². The van der Waals surface area contributed by atoms with Crippen LogP contribution in [0.5, 0.6) is 0 Å². The summed E-state index contributed by atoms with van der Waals surface area (Å²) < 4.78 is 2.17. The van der Waals surface area contributed by atoms with Gasteiger partial charge in [-0.25, -0.2) is 4.98 Å². The second-order valence-electron chi connectivity index (χ2n) is 6.02. The zero-order valence-electron chi connectivity index (χ0n) is 12.9. The molecule has 20 heavy (non-hydrogen) atoms. The molecule has 1 aromatic carbocycles. The van der Waals surface area contributed by atoms with Gasteiger partial charge in [0.2, 0.25) is 0 Å². The number of benzene rings is 1. The highest BCUT2D eigenvalue weighted by atomic mass is 15.1. The molecule has 0 amide bonds. The smallest absolute Gasteiger partial charge is 0.0994 e. The van der Waals surface area contributed by atoms with E-state index in [9.17, 15) is 0 Å². The highest BCUT2D eigenvalue weighted by molar-refractivity contribution is 5.39. The third kappa shape index (κ3) is 2.93. The van der Waals surface area contributed by atoms with E-state index in [0.717, 1.165) is 0 Å². The number of nitrogens with two attached hydrogens (primary N) is 1. The molecule has 0 aliphatic carbocycles. The van der Waals surface area contributed by atoms with E-state index in [1.807, 2.05) is 12.5 Å². The lowest BCUT2D eigenvalue weighted by atomic mass is 9.92. The van der Waals surface area contributed by atoms with Crippen LogP contribution < -0.4 is 5.73 Å². The monoisotopic (exact) mass is 271 g/mol. The topological polar surface area (TPSA) is 43.8 Å². The zero-order valence-corrected chi connectivity index (χ0v) is 12.9. The molecule has 1 aromatic heterocycles. The van der Waals surface area contributed by atoms with Crippen molar-refractivity contribution in [3.63, 3.8) is 0 Å². The number of rotatable bonds is 5. The van der Waals surface area contributed by atoms with Crippen LogP contribution in [0, 0.1) is 5.92 Å². The summed E-state index contributed by atoms with van der Waals surface area (Å²) in [4.78, 5) is 4.33. The van der Waals surface area contributed by atoms with Gasteiger partial charge in [-0.1, -0.05) is 39.8 Å².